The zero-order valence-electron chi connectivity index (χ0n) is 17.2. The third kappa shape index (κ3) is 4.46. The Balaban J connectivity index is 1.45. The van der Waals surface area contributed by atoms with Crippen molar-refractivity contribution in [3.63, 3.8) is 0 Å². The van der Waals surface area contributed by atoms with Gasteiger partial charge in [-0.25, -0.2) is 14.6 Å². The van der Waals surface area contributed by atoms with Crippen LogP contribution in [0, 0.1) is 13.8 Å². The van der Waals surface area contributed by atoms with E-state index in [1.165, 1.54) is 5.56 Å². The van der Waals surface area contributed by atoms with Crippen LogP contribution in [-0.2, 0) is 6.54 Å². The number of benzene rings is 1. The number of amides is 1. The Labute approximate surface area is 181 Å². The van der Waals surface area contributed by atoms with Gasteiger partial charge in [-0.05, 0) is 38.3 Å². The van der Waals surface area contributed by atoms with Crippen molar-refractivity contribution in [1.29, 1.82) is 0 Å². The van der Waals surface area contributed by atoms with E-state index in [0.717, 1.165) is 24.9 Å². The Morgan fingerprint density at radius 2 is 1.93 bits per heavy atom. The lowest BCUT2D eigenvalue weighted by molar-refractivity contribution is 0.0932. The lowest BCUT2D eigenvalue weighted by Crippen LogP contribution is -2.48. The van der Waals surface area contributed by atoms with Crippen molar-refractivity contribution < 1.29 is 4.79 Å². The summed E-state index contributed by atoms with van der Waals surface area (Å²) in [6.45, 7) is 5.94. The predicted molar refractivity (Wildman–Crippen MR) is 117 cm³/mol. The van der Waals surface area contributed by atoms with Crippen LogP contribution in [0.4, 0.5) is 5.95 Å². The van der Waals surface area contributed by atoms with Crippen LogP contribution in [0.25, 0.3) is 0 Å². The number of carbonyl (C=O) groups is 1. The molecule has 1 amide bonds. The molecule has 1 unspecified atom stereocenters. The Hall–Kier alpha value is -2.93. The fourth-order valence-corrected chi connectivity index (χ4v) is 4.09. The Kier molecular flexibility index (Phi) is 5.99. The zero-order valence-corrected chi connectivity index (χ0v) is 17.9. The lowest BCUT2D eigenvalue weighted by Gasteiger charge is -2.33. The largest absolute Gasteiger partial charge is 0.347 e. The molecule has 1 fully saturated rings. The predicted octanol–water partition coefficient (Wildman–Crippen LogP) is 3.39. The van der Waals surface area contributed by atoms with Gasteiger partial charge in [0, 0.05) is 31.5 Å². The quantitative estimate of drug-likeness (QED) is 0.679. The number of aromatic nitrogens is 4. The van der Waals surface area contributed by atoms with Crippen molar-refractivity contribution in [1.82, 2.24) is 25.1 Å². The molecule has 1 atom stereocenters. The molecule has 0 bridgehead atoms. The molecule has 1 aliphatic heterocycles. The third-order valence-corrected chi connectivity index (χ3v) is 5.72. The number of aryl methyl sites for hydroxylation is 2. The molecule has 0 aliphatic carbocycles. The monoisotopic (exact) mass is 424 g/mol. The number of halogens is 1. The van der Waals surface area contributed by atoms with Crippen molar-refractivity contribution in [2.45, 2.75) is 39.3 Å². The molecule has 1 aliphatic rings. The molecule has 4 rings (SSSR count). The molecule has 0 radical (unpaired) electrons. The van der Waals surface area contributed by atoms with E-state index < -0.39 is 0 Å². The Morgan fingerprint density at radius 3 is 2.67 bits per heavy atom. The van der Waals surface area contributed by atoms with Crippen LogP contribution in [0.1, 0.15) is 40.0 Å². The number of rotatable bonds is 5. The van der Waals surface area contributed by atoms with Crippen molar-refractivity contribution >= 4 is 23.5 Å². The first-order valence-electron chi connectivity index (χ1n) is 10.1. The van der Waals surface area contributed by atoms with Crippen molar-refractivity contribution in [2.75, 3.05) is 18.0 Å². The van der Waals surface area contributed by atoms with Crippen LogP contribution in [0.15, 0.2) is 42.7 Å². The van der Waals surface area contributed by atoms with Crippen LogP contribution in [0.3, 0.4) is 0 Å². The molecular weight excluding hydrogens is 400 g/mol. The number of nitrogens with zero attached hydrogens (tertiary/aromatic N) is 5. The number of piperidine rings is 1. The summed E-state index contributed by atoms with van der Waals surface area (Å²) in [5.74, 6) is 0.505. The molecule has 1 aromatic carbocycles. The van der Waals surface area contributed by atoms with E-state index in [0.29, 0.717) is 35.4 Å². The average Bonchev–Trinajstić information content (AvgIpc) is 3.03. The van der Waals surface area contributed by atoms with E-state index in [2.05, 4.69) is 37.4 Å². The van der Waals surface area contributed by atoms with E-state index in [1.807, 2.05) is 26.0 Å². The van der Waals surface area contributed by atoms with E-state index >= 15 is 0 Å². The fourth-order valence-electron chi connectivity index (χ4n) is 3.77. The van der Waals surface area contributed by atoms with Crippen LogP contribution in [0.5, 0.6) is 0 Å². The van der Waals surface area contributed by atoms with Gasteiger partial charge in [-0.15, -0.1) is 0 Å². The van der Waals surface area contributed by atoms with Gasteiger partial charge in [0.15, 0.2) is 0 Å². The summed E-state index contributed by atoms with van der Waals surface area (Å²) in [7, 11) is 0. The summed E-state index contributed by atoms with van der Waals surface area (Å²) < 4.78 is 1.68. The fraction of sp³-hybridized carbons (Fsp3) is 0.364. The maximum Gasteiger partial charge on any atom is 0.256 e. The molecule has 0 spiro atoms. The third-order valence-electron chi connectivity index (χ3n) is 5.34. The normalized spacial score (nSPS) is 16.5. The smallest absolute Gasteiger partial charge is 0.256 e. The van der Waals surface area contributed by atoms with Gasteiger partial charge in [-0.1, -0.05) is 41.4 Å². The molecule has 3 heterocycles. The molecule has 30 heavy (non-hydrogen) atoms. The SMILES string of the molecule is Cc1ccc(Cn2nc(C)c(C(=O)NC3CCCN(c4ncccn4)C3)c2Cl)cc1. The molecule has 1 saturated heterocycles. The Morgan fingerprint density at radius 1 is 1.20 bits per heavy atom. The van der Waals surface area contributed by atoms with E-state index in [1.54, 1.807) is 23.1 Å². The van der Waals surface area contributed by atoms with Crippen LogP contribution in [0.2, 0.25) is 5.15 Å². The Bertz CT molecular complexity index is 1020. The van der Waals surface area contributed by atoms with Gasteiger partial charge in [0.25, 0.3) is 5.91 Å². The van der Waals surface area contributed by atoms with Crippen LogP contribution < -0.4 is 10.2 Å². The first-order valence-corrected chi connectivity index (χ1v) is 10.5. The topological polar surface area (TPSA) is 75.9 Å². The molecule has 2 aromatic heterocycles. The highest BCUT2D eigenvalue weighted by molar-refractivity contribution is 6.33. The molecular formula is C22H25ClN6O. The molecule has 8 heteroatoms. The summed E-state index contributed by atoms with van der Waals surface area (Å²) in [6, 6.07) is 10.0. The molecule has 7 nitrogen and oxygen atoms in total. The van der Waals surface area contributed by atoms with E-state index in [-0.39, 0.29) is 11.9 Å². The summed E-state index contributed by atoms with van der Waals surface area (Å²) in [5, 5.41) is 7.99. The van der Waals surface area contributed by atoms with Crippen molar-refractivity contribution in [2.24, 2.45) is 0 Å². The van der Waals surface area contributed by atoms with Gasteiger partial charge in [-0.3, -0.25) is 4.79 Å². The second-order valence-corrected chi connectivity index (χ2v) is 8.06. The molecule has 3 aromatic rings. The zero-order chi connectivity index (χ0) is 21.1. The van der Waals surface area contributed by atoms with Gasteiger partial charge in [0.2, 0.25) is 5.95 Å². The lowest BCUT2D eigenvalue weighted by atomic mass is 10.1. The minimum absolute atomic E-state index is 0.00553. The number of nitrogens with one attached hydrogen (secondary N) is 1. The maximum atomic E-state index is 13.0. The minimum atomic E-state index is -0.187. The van der Waals surface area contributed by atoms with Gasteiger partial charge < -0.3 is 10.2 Å². The van der Waals surface area contributed by atoms with Crippen LogP contribution >= 0.6 is 11.6 Å². The number of hydrogen-bond donors (Lipinski definition) is 1. The highest BCUT2D eigenvalue weighted by Crippen LogP contribution is 2.22. The molecule has 0 saturated carbocycles. The number of carbonyl (C=O) groups excluding carboxylic acids is 1. The standard InChI is InChI=1S/C22H25ClN6O/c1-15-6-8-17(9-7-15)13-29-20(23)19(16(2)27-29)21(30)26-18-5-3-12-28(14-18)22-24-10-4-11-25-22/h4,6-11,18H,3,5,12-14H2,1-2H3,(H,26,30). The average molecular weight is 425 g/mol. The molecule has 1 N–H and O–H groups in total. The maximum absolute atomic E-state index is 13.0. The first kappa shape index (κ1) is 20.3. The van der Waals surface area contributed by atoms with Gasteiger partial charge in [0.1, 0.15) is 5.15 Å². The number of hydrogen-bond acceptors (Lipinski definition) is 5. The van der Waals surface area contributed by atoms with E-state index in [4.69, 9.17) is 11.6 Å². The second kappa shape index (κ2) is 8.83. The van der Waals surface area contributed by atoms with Gasteiger partial charge >= 0.3 is 0 Å². The highest BCUT2D eigenvalue weighted by Gasteiger charge is 2.26. The van der Waals surface area contributed by atoms with Crippen LogP contribution in [-0.4, -0.2) is 44.8 Å². The van der Waals surface area contributed by atoms with Crippen molar-refractivity contribution in [3.05, 3.63) is 70.3 Å². The van der Waals surface area contributed by atoms with Gasteiger partial charge in [-0.2, -0.15) is 5.10 Å². The summed E-state index contributed by atoms with van der Waals surface area (Å²) in [6.07, 6.45) is 5.33. The van der Waals surface area contributed by atoms with E-state index in [9.17, 15) is 4.79 Å². The molecule has 156 valence electrons. The number of anilines is 1. The summed E-state index contributed by atoms with van der Waals surface area (Å²) in [5.41, 5.74) is 3.35. The summed E-state index contributed by atoms with van der Waals surface area (Å²) in [4.78, 5) is 23.7. The van der Waals surface area contributed by atoms with Crippen molar-refractivity contribution in [3.8, 4) is 0 Å². The summed E-state index contributed by atoms with van der Waals surface area (Å²) >= 11 is 6.56. The minimum Gasteiger partial charge on any atom is -0.347 e. The first-order chi connectivity index (χ1) is 14.5. The second-order valence-electron chi connectivity index (χ2n) is 7.70. The highest BCUT2D eigenvalue weighted by atomic mass is 35.5. The van der Waals surface area contributed by atoms with Gasteiger partial charge in [0.05, 0.1) is 17.8 Å².